The van der Waals surface area contributed by atoms with Gasteiger partial charge in [-0.1, -0.05) is 53.3 Å². The van der Waals surface area contributed by atoms with E-state index in [0.29, 0.717) is 5.16 Å². The van der Waals surface area contributed by atoms with E-state index in [-0.39, 0.29) is 11.7 Å². The third kappa shape index (κ3) is 5.08. The first-order valence-electron chi connectivity index (χ1n) is 8.50. The highest BCUT2D eigenvalue weighted by Crippen LogP contribution is 2.34. The first kappa shape index (κ1) is 20.1. The molecule has 2 heterocycles. The highest BCUT2D eigenvalue weighted by molar-refractivity contribution is 8.00. The number of benzene rings is 2. The number of hydrogen-bond donors (Lipinski definition) is 1. The summed E-state index contributed by atoms with van der Waals surface area (Å²) in [6.07, 6.45) is 0. The molecule has 0 unspecified atom stereocenters. The topological polar surface area (TPSA) is 85.6 Å². The molecule has 29 heavy (non-hydrogen) atoms. The van der Waals surface area contributed by atoms with E-state index >= 15 is 0 Å². The Hall–Kier alpha value is -2.14. The van der Waals surface area contributed by atoms with Crippen LogP contribution in [-0.4, -0.2) is 36.9 Å². The van der Waals surface area contributed by atoms with Gasteiger partial charge in [-0.3, -0.25) is 4.79 Å². The van der Waals surface area contributed by atoms with Crippen LogP contribution in [0.1, 0.15) is 5.56 Å². The summed E-state index contributed by atoms with van der Waals surface area (Å²) >= 11 is 10.8. The molecule has 1 amide bonds. The minimum Gasteiger partial charge on any atom is -0.325 e. The summed E-state index contributed by atoms with van der Waals surface area (Å²) in [4.78, 5) is 16.9. The number of nitrogens with one attached hydrogen (secondary N) is 1. The molecule has 0 fully saturated rings. The number of thioether (sulfide) groups is 2. The Morgan fingerprint density at radius 2 is 2.10 bits per heavy atom. The van der Waals surface area contributed by atoms with Crippen molar-refractivity contribution in [3.63, 3.8) is 0 Å². The van der Waals surface area contributed by atoms with Crippen LogP contribution in [-0.2, 0) is 17.6 Å². The number of aryl methyl sites for hydroxylation is 1. The van der Waals surface area contributed by atoms with Crippen LogP contribution >= 0.6 is 46.5 Å². The molecule has 11 heteroatoms. The van der Waals surface area contributed by atoms with Crippen molar-refractivity contribution in [3.8, 4) is 0 Å². The Kier molecular flexibility index (Phi) is 6.34. The molecule has 1 N–H and O–H groups in total. The van der Waals surface area contributed by atoms with Crippen molar-refractivity contribution in [1.29, 1.82) is 0 Å². The number of hydrogen-bond acceptors (Lipinski definition) is 8. The van der Waals surface area contributed by atoms with Crippen molar-refractivity contribution in [3.05, 3.63) is 53.1 Å². The molecule has 2 aromatic carbocycles. The second kappa shape index (κ2) is 9.12. The zero-order chi connectivity index (χ0) is 20.2. The molecule has 0 saturated carbocycles. The monoisotopic (exact) mass is 462 g/mol. The summed E-state index contributed by atoms with van der Waals surface area (Å²) < 4.78 is 3.52. The molecule has 2 aromatic heterocycles. The van der Waals surface area contributed by atoms with Gasteiger partial charge in [0.1, 0.15) is 0 Å². The summed E-state index contributed by atoms with van der Waals surface area (Å²) in [5.41, 5.74) is 2.74. The molecule has 0 aliphatic heterocycles. The van der Waals surface area contributed by atoms with Gasteiger partial charge < -0.3 is 5.32 Å². The quantitative estimate of drug-likeness (QED) is 0.405. The molecule has 0 aliphatic rings. The van der Waals surface area contributed by atoms with Crippen LogP contribution in [0.3, 0.4) is 0 Å². The minimum absolute atomic E-state index is 0.116. The van der Waals surface area contributed by atoms with E-state index in [1.54, 1.807) is 30.1 Å². The van der Waals surface area contributed by atoms with E-state index in [1.165, 1.54) is 16.4 Å². The van der Waals surface area contributed by atoms with Crippen LogP contribution in [0.5, 0.6) is 0 Å². The molecule has 148 valence electrons. The third-order valence-electron chi connectivity index (χ3n) is 3.88. The van der Waals surface area contributed by atoms with Gasteiger partial charge in [-0.15, -0.1) is 16.4 Å². The molecule has 0 aliphatic carbocycles. The normalized spacial score (nSPS) is 11.1. The number of halogens is 1. The van der Waals surface area contributed by atoms with Crippen LogP contribution in [0.2, 0.25) is 5.02 Å². The predicted octanol–water partition coefficient (Wildman–Crippen LogP) is 4.50. The molecule has 0 atom stereocenters. The second-order valence-corrected chi connectivity index (χ2v) is 9.57. The first-order chi connectivity index (χ1) is 14.1. The maximum absolute atomic E-state index is 12.2. The number of aromatic nitrogens is 5. The lowest BCUT2D eigenvalue weighted by atomic mass is 10.2. The van der Waals surface area contributed by atoms with Gasteiger partial charge in [-0.25, -0.2) is 9.67 Å². The van der Waals surface area contributed by atoms with Gasteiger partial charge in [0.05, 0.1) is 16.0 Å². The molecule has 7 nitrogen and oxygen atoms in total. The minimum atomic E-state index is -0.116. The lowest BCUT2D eigenvalue weighted by Gasteiger charge is -2.04. The average molecular weight is 463 g/mol. The van der Waals surface area contributed by atoms with E-state index in [1.807, 2.05) is 42.5 Å². The maximum Gasteiger partial charge on any atom is 0.234 e. The van der Waals surface area contributed by atoms with Crippen molar-refractivity contribution in [2.75, 3.05) is 11.1 Å². The van der Waals surface area contributed by atoms with Crippen LogP contribution in [0.25, 0.3) is 10.2 Å². The Morgan fingerprint density at radius 1 is 1.24 bits per heavy atom. The number of nitrogens with zero attached hydrogens (tertiary/aromatic N) is 5. The molecular weight excluding hydrogens is 448 g/mol. The van der Waals surface area contributed by atoms with Gasteiger partial charge in [0, 0.05) is 23.5 Å². The van der Waals surface area contributed by atoms with E-state index in [0.717, 1.165) is 36.6 Å². The Bertz CT molecular complexity index is 1160. The lowest BCUT2D eigenvalue weighted by Crippen LogP contribution is -2.14. The SMILES string of the molecule is Cn1nnnc1SCC(=O)Nc1ccc2nc(SCc3ccccc3Cl)sc2c1. The van der Waals surface area contributed by atoms with Crippen LogP contribution in [0, 0.1) is 0 Å². The molecule has 0 saturated heterocycles. The fraction of sp³-hybridized carbons (Fsp3) is 0.167. The molecule has 0 spiro atoms. The van der Waals surface area contributed by atoms with E-state index in [4.69, 9.17) is 11.6 Å². The summed E-state index contributed by atoms with van der Waals surface area (Å²) in [5.74, 6) is 0.876. The number of carbonyl (C=O) groups excluding carboxylic acids is 1. The highest BCUT2D eigenvalue weighted by Gasteiger charge is 2.10. The molecule has 4 rings (SSSR count). The smallest absolute Gasteiger partial charge is 0.234 e. The number of anilines is 1. The zero-order valence-corrected chi connectivity index (χ0v) is 18.4. The third-order valence-corrected chi connectivity index (χ3v) is 7.46. The van der Waals surface area contributed by atoms with Gasteiger partial charge in [0.2, 0.25) is 11.1 Å². The summed E-state index contributed by atoms with van der Waals surface area (Å²) in [6, 6.07) is 13.5. The van der Waals surface area contributed by atoms with Gasteiger partial charge >= 0.3 is 0 Å². The van der Waals surface area contributed by atoms with Gasteiger partial charge in [0.25, 0.3) is 0 Å². The summed E-state index contributed by atoms with van der Waals surface area (Å²) in [6.45, 7) is 0. The average Bonchev–Trinajstić information content (AvgIpc) is 3.31. The van der Waals surface area contributed by atoms with Crippen molar-refractivity contribution in [2.45, 2.75) is 15.2 Å². The van der Waals surface area contributed by atoms with E-state index < -0.39 is 0 Å². The Balaban J connectivity index is 1.38. The maximum atomic E-state index is 12.2. The van der Waals surface area contributed by atoms with Crippen molar-refractivity contribution in [1.82, 2.24) is 25.2 Å². The van der Waals surface area contributed by atoms with Crippen molar-refractivity contribution in [2.24, 2.45) is 7.05 Å². The van der Waals surface area contributed by atoms with Crippen LogP contribution in [0.4, 0.5) is 5.69 Å². The largest absolute Gasteiger partial charge is 0.325 e. The number of carbonyl (C=O) groups is 1. The van der Waals surface area contributed by atoms with Gasteiger partial charge in [-0.05, 0) is 40.3 Å². The van der Waals surface area contributed by atoms with E-state index in [2.05, 4.69) is 25.8 Å². The Morgan fingerprint density at radius 3 is 2.90 bits per heavy atom. The molecular formula is C18H15ClN6OS3. The standard InChI is InChI=1S/C18H15ClN6OS3/c1-25-17(22-23-24-25)27-10-16(26)20-12-6-7-14-15(8-12)29-18(21-14)28-9-11-4-2-3-5-13(11)19/h2-8H,9-10H2,1H3,(H,20,26). The van der Waals surface area contributed by atoms with Gasteiger partial charge in [0.15, 0.2) is 4.34 Å². The second-order valence-electron chi connectivity index (χ2n) is 5.96. The van der Waals surface area contributed by atoms with Crippen molar-refractivity contribution < 1.29 is 4.79 Å². The number of tetrazole rings is 1. The fourth-order valence-electron chi connectivity index (χ4n) is 2.47. The number of fused-ring (bicyclic) bond motifs is 1. The number of rotatable bonds is 7. The lowest BCUT2D eigenvalue weighted by molar-refractivity contribution is -0.113. The summed E-state index contributed by atoms with van der Waals surface area (Å²) in [7, 11) is 1.74. The highest BCUT2D eigenvalue weighted by atomic mass is 35.5. The van der Waals surface area contributed by atoms with Crippen LogP contribution < -0.4 is 5.32 Å². The number of thiazole rings is 1. The Labute approximate surface area is 184 Å². The fourth-order valence-corrected chi connectivity index (χ4v) is 5.51. The first-order valence-corrected chi connectivity index (χ1v) is 11.7. The van der Waals surface area contributed by atoms with E-state index in [9.17, 15) is 4.79 Å². The van der Waals surface area contributed by atoms with Crippen molar-refractivity contribution >= 4 is 68.3 Å². The van der Waals surface area contributed by atoms with Gasteiger partial charge in [-0.2, -0.15) is 0 Å². The zero-order valence-electron chi connectivity index (χ0n) is 15.2. The molecule has 0 radical (unpaired) electrons. The van der Waals surface area contributed by atoms with Crippen LogP contribution in [0.15, 0.2) is 52.0 Å². The predicted molar refractivity (Wildman–Crippen MR) is 119 cm³/mol. The molecule has 4 aromatic rings. The number of amides is 1. The summed E-state index contributed by atoms with van der Waals surface area (Å²) in [5, 5.41) is 15.4. The molecule has 0 bridgehead atoms.